The second kappa shape index (κ2) is 12.0. The summed E-state index contributed by atoms with van der Waals surface area (Å²) in [5.41, 5.74) is 0. The summed E-state index contributed by atoms with van der Waals surface area (Å²) in [4.78, 5) is 0. The normalized spacial score (nSPS) is 13.0. The van der Waals surface area contributed by atoms with Gasteiger partial charge in [0.25, 0.3) is 0 Å². The zero-order chi connectivity index (χ0) is 11.4. The minimum atomic E-state index is 0.630. The Hall–Kier alpha value is -0.120. The molecule has 0 heterocycles. The van der Waals surface area contributed by atoms with Crippen molar-refractivity contribution >= 4 is 0 Å². The lowest BCUT2D eigenvalue weighted by Crippen LogP contribution is -2.29. The fourth-order valence-electron chi connectivity index (χ4n) is 1.69. The first-order valence-corrected chi connectivity index (χ1v) is 6.15. The molecule has 0 aliphatic heterocycles. The van der Waals surface area contributed by atoms with E-state index in [1.807, 2.05) is 6.92 Å². The molecule has 0 bridgehead atoms. The summed E-state index contributed by atoms with van der Waals surface area (Å²) < 4.78 is 10.4. The summed E-state index contributed by atoms with van der Waals surface area (Å²) in [7, 11) is 1.76. The maximum Gasteiger partial charge on any atom is 0.0466 e. The molecular formula is C12H27NO2. The SMILES string of the molecule is CCNC(CCCOC)CCCOCC. The minimum absolute atomic E-state index is 0.630. The van der Waals surface area contributed by atoms with Gasteiger partial charge in [0.2, 0.25) is 0 Å². The summed E-state index contributed by atoms with van der Waals surface area (Å²) in [6.45, 7) is 7.84. The molecular weight excluding hydrogens is 190 g/mol. The molecule has 0 amide bonds. The Kier molecular flexibility index (Phi) is 11.9. The van der Waals surface area contributed by atoms with Gasteiger partial charge in [-0.15, -0.1) is 0 Å². The van der Waals surface area contributed by atoms with E-state index in [0.717, 1.165) is 39.2 Å². The van der Waals surface area contributed by atoms with Gasteiger partial charge in [0.05, 0.1) is 0 Å². The minimum Gasteiger partial charge on any atom is -0.385 e. The largest absolute Gasteiger partial charge is 0.385 e. The fourth-order valence-corrected chi connectivity index (χ4v) is 1.69. The second-order valence-corrected chi connectivity index (χ2v) is 3.73. The lowest BCUT2D eigenvalue weighted by molar-refractivity contribution is 0.139. The van der Waals surface area contributed by atoms with E-state index in [0.29, 0.717) is 6.04 Å². The van der Waals surface area contributed by atoms with E-state index in [2.05, 4.69) is 12.2 Å². The lowest BCUT2D eigenvalue weighted by atomic mass is 10.1. The predicted molar refractivity (Wildman–Crippen MR) is 64.3 cm³/mol. The number of methoxy groups -OCH3 is 1. The Morgan fingerprint density at radius 3 is 2.27 bits per heavy atom. The molecule has 1 N–H and O–H groups in total. The monoisotopic (exact) mass is 217 g/mol. The Morgan fingerprint density at radius 2 is 1.73 bits per heavy atom. The zero-order valence-electron chi connectivity index (χ0n) is 10.6. The van der Waals surface area contributed by atoms with E-state index in [9.17, 15) is 0 Å². The Morgan fingerprint density at radius 1 is 1.07 bits per heavy atom. The number of hydrogen-bond acceptors (Lipinski definition) is 3. The molecule has 0 aliphatic rings. The van der Waals surface area contributed by atoms with Crippen molar-refractivity contribution in [2.75, 3.05) is 33.5 Å². The molecule has 0 aliphatic carbocycles. The number of rotatable bonds is 11. The first-order valence-electron chi connectivity index (χ1n) is 6.15. The highest BCUT2D eigenvalue weighted by Gasteiger charge is 2.06. The van der Waals surface area contributed by atoms with Crippen LogP contribution in [0.15, 0.2) is 0 Å². The highest BCUT2D eigenvalue weighted by atomic mass is 16.5. The Labute approximate surface area is 94.5 Å². The van der Waals surface area contributed by atoms with Crippen LogP contribution in [-0.4, -0.2) is 39.5 Å². The first kappa shape index (κ1) is 14.9. The van der Waals surface area contributed by atoms with Gasteiger partial charge >= 0.3 is 0 Å². The average Bonchev–Trinajstić information content (AvgIpc) is 2.24. The van der Waals surface area contributed by atoms with E-state index in [1.54, 1.807) is 7.11 Å². The smallest absolute Gasteiger partial charge is 0.0466 e. The third-order valence-electron chi connectivity index (χ3n) is 2.44. The van der Waals surface area contributed by atoms with E-state index >= 15 is 0 Å². The van der Waals surface area contributed by atoms with Gasteiger partial charge in [-0.1, -0.05) is 6.92 Å². The molecule has 0 aromatic carbocycles. The van der Waals surface area contributed by atoms with Crippen LogP contribution in [0.1, 0.15) is 39.5 Å². The van der Waals surface area contributed by atoms with Crippen molar-refractivity contribution in [3.05, 3.63) is 0 Å². The van der Waals surface area contributed by atoms with Gasteiger partial charge in [-0.05, 0) is 39.2 Å². The second-order valence-electron chi connectivity index (χ2n) is 3.73. The van der Waals surface area contributed by atoms with Gasteiger partial charge < -0.3 is 14.8 Å². The topological polar surface area (TPSA) is 30.5 Å². The fraction of sp³-hybridized carbons (Fsp3) is 1.00. The molecule has 0 spiro atoms. The zero-order valence-corrected chi connectivity index (χ0v) is 10.6. The summed E-state index contributed by atoms with van der Waals surface area (Å²) in [5, 5.41) is 3.51. The molecule has 3 nitrogen and oxygen atoms in total. The van der Waals surface area contributed by atoms with Crippen LogP contribution in [0.5, 0.6) is 0 Å². The van der Waals surface area contributed by atoms with Crippen molar-refractivity contribution < 1.29 is 9.47 Å². The van der Waals surface area contributed by atoms with E-state index < -0.39 is 0 Å². The highest BCUT2D eigenvalue weighted by molar-refractivity contribution is 4.65. The molecule has 0 aromatic rings. The van der Waals surface area contributed by atoms with E-state index in [1.165, 1.54) is 12.8 Å². The van der Waals surface area contributed by atoms with Gasteiger partial charge in [-0.2, -0.15) is 0 Å². The molecule has 0 saturated heterocycles. The van der Waals surface area contributed by atoms with Crippen molar-refractivity contribution in [3.63, 3.8) is 0 Å². The van der Waals surface area contributed by atoms with Crippen LogP contribution >= 0.6 is 0 Å². The van der Waals surface area contributed by atoms with Crippen LogP contribution in [0.25, 0.3) is 0 Å². The molecule has 1 atom stereocenters. The molecule has 3 heteroatoms. The number of nitrogens with one attached hydrogen (secondary N) is 1. The van der Waals surface area contributed by atoms with Crippen molar-refractivity contribution in [1.82, 2.24) is 5.32 Å². The van der Waals surface area contributed by atoms with Crippen molar-refractivity contribution in [2.45, 2.75) is 45.6 Å². The predicted octanol–water partition coefficient (Wildman–Crippen LogP) is 2.21. The summed E-state index contributed by atoms with van der Waals surface area (Å²) in [6, 6.07) is 0.630. The average molecular weight is 217 g/mol. The highest BCUT2D eigenvalue weighted by Crippen LogP contribution is 2.05. The van der Waals surface area contributed by atoms with Crippen LogP contribution in [-0.2, 0) is 9.47 Å². The molecule has 0 aromatic heterocycles. The number of hydrogen-bond donors (Lipinski definition) is 1. The maximum atomic E-state index is 5.34. The summed E-state index contributed by atoms with van der Waals surface area (Å²) in [6.07, 6.45) is 4.70. The molecule has 0 fully saturated rings. The third kappa shape index (κ3) is 10.2. The van der Waals surface area contributed by atoms with Crippen LogP contribution < -0.4 is 5.32 Å². The van der Waals surface area contributed by atoms with Crippen LogP contribution in [0.2, 0.25) is 0 Å². The van der Waals surface area contributed by atoms with Gasteiger partial charge in [0.15, 0.2) is 0 Å². The van der Waals surface area contributed by atoms with Crippen LogP contribution in [0.4, 0.5) is 0 Å². The molecule has 0 radical (unpaired) electrons. The first-order chi connectivity index (χ1) is 7.35. The lowest BCUT2D eigenvalue weighted by Gasteiger charge is -2.17. The standard InChI is InChI=1S/C12H27NO2/c1-4-13-12(8-6-10-14-3)9-7-11-15-5-2/h12-13H,4-11H2,1-3H3. The quantitative estimate of drug-likeness (QED) is 0.538. The van der Waals surface area contributed by atoms with Crippen molar-refractivity contribution in [1.29, 1.82) is 0 Å². The molecule has 0 saturated carbocycles. The van der Waals surface area contributed by atoms with Crippen LogP contribution in [0, 0.1) is 0 Å². The van der Waals surface area contributed by atoms with Crippen LogP contribution in [0.3, 0.4) is 0 Å². The number of ether oxygens (including phenoxy) is 2. The van der Waals surface area contributed by atoms with Gasteiger partial charge in [-0.25, -0.2) is 0 Å². The molecule has 15 heavy (non-hydrogen) atoms. The summed E-state index contributed by atoms with van der Waals surface area (Å²) >= 11 is 0. The van der Waals surface area contributed by atoms with Gasteiger partial charge in [0, 0.05) is 33.0 Å². The van der Waals surface area contributed by atoms with E-state index in [-0.39, 0.29) is 0 Å². The molecule has 0 rings (SSSR count). The van der Waals surface area contributed by atoms with E-state index in [4.69, 9.17) is 9.47 Å². The molecule has 92 valence electrons. The Bertz CT molecular complexity index is 120. The third-order valence-corrected chi connectivity index (χ3v) is 2.44. The Balaban J connectivity index is 3.44. The van der Waals surface area contributed by atoms with Gasteiger partial charge in [0.1, 0.15) is 0 Å². The van der Waals surface area contributed by atoms with Gasteiger partial charge in [-0.3, -0.25) is 0 Å². The summed E-state index contributed by atoms with van der Waals surface area (Å²) in [5.74, 6) is 0. The molecule has 1 unspecified atom stereocenters. The maximum absolute atomic E-state index is 5.34. The van der Waals surface area contributed by atoms with Crippen molar-refractivity contribution in [2.24, 2.45) is 0 Å². The van der Waals surface area contributed by atoms with Crippen molar-refractivity contribution in [3.8, 4) is 0 Å².